The summed E-state index contributed by atoms with van der Waals surface area (Å²) in [6.07, 6.45) is 1.36. The summed E-state index contributed by atoms with van der Waals surface area (Å²) in [4.78, 5) is 14.8. The third kappa shape index (κ3) is 6.17. The van der Waals surface area contributed by atoms with Gasteiger partial charge in [0.1, 0.15) is 17.3 Å². The van der Waals surface area contributed by atoms with E-state index in [9.17, 15) is 13.8 Å². The smallest absolute Gasteiger partial charge is 0.415 e. The molecule has 0 spiro atoms. The first-order chi connectivity index (χ1) is 15.9. The summed E-state index contributed by atoms with van der Waals surface area (Å²) >= 11 is 0. The van der Waals surface area contributed by atoms with E-state index < -0.39 is 19.4 Å². The second-order valence-corrected chi connectivity index (χ2v) is 9.98. The number of nitrogens with zero attached hydrogens (tertiary/aromatic N) is 1. The molecule has 1 saturated heterocycles. The Morgan fingerprint density at radius 3 is 2.03 bits per heavy atom. The van der Waals surface area contributed by atoms with Gasteiger partial charge >= 0.3 is 7.60 Å². The van der Waals surface area contributed by atoms with Gasteiger partial charge in [-0.1, -0.05) is 48.5 Å². The van der Waals surface area contributed by atoms with Crippen molar-refractivity contribution in [2.24, 2.45) is 5.73 Å². The molecule has 34 heavy (non-hydrogen) atoms. The number of carbonyl (C=O) groups excluding carboxylic acids is 1. The lowest BCUT2D eigenvalue weighted by Gasteiger charge is -2.32. The number of hydrogen-bond acceptors (Lipinski definition) is 5. The van der Waals surface area contributed by atoms with E-state index >= 15 is 0 Å². The van der Waals surface area contributed by atoms with Crippen LogP contribution in [0.1, 0.15) is 18.4 Å². The first-order valence-corrected chi connectivity index (χ1v) is 12.5. The predicted octanol–water partition coefficient (Wildman–Crippen LogP) is 5.42. The van der Waals surface area contributed by atoms with Crippen molar-refractivity contribution >= 4 is 25.9 Å². The molecule has 0 saturated carbocycles. The van der Waals surface area contributed by atoms with Crippen LogP contribution in [-0.2, 0) is 15.8 Å². The summed E-state index contributed by atoms with van der Waals surface area (Å²) in [5.74, 6) is -0.672. The molecule has 0 radical (unpaired) electrons. The Balaban J connectivity index is 0.00000324. The van der Waals surface area contributed by atoms with Gasteiger partial charge in [-0.05, 0) is 61.2 Å². The van der Waals surface area contributed by atoms with E-state index in [1.54, 1.807) is 60.7 Å². The van der Waals surface area contributed by atoms with Crippen LogP contribution in [-0.4, -0.2) is 29.2 Å². The summed E-state index contributed by atoms with van der Waals surface area (Å²) in [7, 11) is -3.85. The normalized spacial score (nSPS) is 16.4. The Hall–Kier alpha value is -2.86. The summed E-state index contributed by atoms with van der Waals surface area (Å²) in [5.41, 5.74) is 6.97. The van der Waals surface area contributed by atoms with Crippen LogP contribution in [0, 0.1) is 5.82 Å². The van der Waals surface area contributed by atoms with Crippen molar-refractivity contribution in [3.63, 3.8) is 0 Å². The van der Waals surface area contributed by atoms with Crippen LogP contribution in [0.25, 0.3) is 0 Å². The molecule has 0 aliphatic carbocycles. The van der Waals surface area contributed by atoms with Crippen LogP contribution < -0.4 is 14.8 Å². The van der Waals surface area contributed by atoms with Crippen LogP contribution >= 0.6 is 20.0 Å². The fraction of sp³-hybridized carbons (Fsp3) is 0.240. The molecular weight excluding hydrogens is 478 g/mol. The molecule has 3 aromatic rings. The van der Waals surface area contributed by atoms with Crippen LogP contribution in [0.15, 0.2) is 84.9 Å². The molecule has 0 aromatic heterocycles. The molecule has 9 heteroatoms. The number of likely N-dealkylation sites (tertiary alicyclic amines) is 1. The first-order valence-electron chi connectivity index (χ1n) is 10.8. The molecule has 1 fully saturated rings. The van der Waals surface area contributed by atoms with E-state index in [1.165, 1.54) is 17.0 Å². The summed E-state index contributed by atoms with van der Waals surface area (Å²) in [6.45, 7) is 0.404. The zero-order valence-electron chi connectivity index (χ0n) is 18.5. The largest absolute Gasteiger partial charge is 0.453 e. The van der Waals surface area contributed by atoms with Gasteiger partial charge in [0.25, 0.3) is 0 Å². The van der Waals surface area contributed by atoms with Gasteiger partial charge in [0, 0.05) is 6.54 Å². The van der Waals surface area contributed by atoms with Gasteiger partial charge in [-0.25, -0.2) is 8.96 Å². The summed E-state index contributed by atoms with van der Waals surface area (Å²) < 4.78 is 39.2. The van der Waals surface area contributed by atoms with E-state index in [0.29, 0.717) is 30.9 Å². The second kappa shape index (κ2) is 11.5. The second-order valence-electron chi connectivity index (χ2n) is 7.94. The maximum absolute atomic E-state index is 14.2. The van der Waals surface area contributed by atoms with Crippen molar-refractivity contribution in [2.75, 3.05) is 6.54 Å². The zero-order chi connectivity index (χ0) is 23.3. The van der Waals surface area contributed by atoms with Gasteiger partial charge in [0.2, 0.25) is 5.91 Å². The molecule has 0 unspecified atom stereocenters. The van der Waals surface area contributed by atoms with Gasteiger partial charge in [-0.3, -0.25) is 4.79 Å². The molecule has 4 rings (SSSR count). The van der Waals surface area contributed by atoms with Crippen molar-refractivity contribution < 1.29 is 22.8 Å². The first kappa shape index (κ1) is 25.8. The third-order valence-corrected chi connectivity index (χ3v) is 7.70. The highest BCUT2D eigenvalue weighted by atomic mass is 35.5. The Morgan fingerprint density at radius 2 is 1.50 bits per heavy atom. The quantitative estimate of drug-likeness (QED) is 0.414. The Kier molecular flexibility index (Phi) is 8.72. The number of halogens is 2. The molecule has 3 aromatic carbocycles. The molecule has 1 aliphatic rings. The van der Waals surface area contributed by atoms with Crippen molar-refractivity contribution in [2.45, 2.75) is 31.1 Å². The van der Waals surface area contributed by atoms with Crippen molar-refractivity contribution in [3.8, 4) is 11.5 Å². The number of benzene rings is 3. The summed E-state index contributed by atoms with van der Waals surface area (Å²) in [5, 5.41) is 0. The van der Waals surface area contributed by atoms with Crippen LogP contribution in [0.3, 0.4) is 0 Å². The SMILES string of the molecule is Cl.N[C@@H](Cc1ccc(F)cc1)C(=O)N1CCC[C@@H]1P(=O)(Oc1ccccc1)Oc1ccccc1. The standard InChI is InChI=1S/C25H26FN2O4P.ClH/c26-20-15-13-19(14-16-20)18-23(27)25(29)28-17-7-12-24(28)33(30,31-21-8-3-1-4-9-21)32-22-10-5-2-6-11-22;/h1-6,8-11,13-16,23-24H,7,12,17-18,27H2;1H/t23-,24-;/m0./s1. The van der Waals surface area contributed by atoms with Gasteiger partial charge < -0.3 is 19.7 Å². The van der Waals surface area contributed by atoms with Crippen molar-refractivity contribution in [1.29, 1.82) is 0 Å². The predicted molar refractivity (Wildman–Crippen MR) is 132 cm³/mol. The maximum atomic E-state index is 14.2. The molecular formula is C25H27ClFN2O4P. The molecule has 1 heterocycles. The van der Waals surface area contributed by atoms with E-state index in [2.05, 4.69) is 0 Å². The van der Waals surface area contributed by atoms with Gasteiger partial charge in [0.15, 0.2) is 5.78 Å². The average molecular weight is 505 g/mol. The number of amides is 1. The zero-order valence-corrected chi connectivity index (χ0v) is 20.2. The molecule has 2 atom stereocenters. The Bertz CT molecular complexity index is 1070. The van der Waals surface area contributed by atoms with Crippen LogP contribution in [0.4, 0.5) is 4.39 Å². The molecule has 1 aliphatic heterocycles. The Labute approximate surface area is 204 Å². The highest BCUT2D eigenvalue weighted by Gasteiger charge is 2.48. The van der Waals surface area contributed by atoms with E-state index in [-0.39, 0.29) is 30.6 Å². The number of nitrogens with two attached hydrogens (primary N) is 1. The van der Waals surface area contributed by atoms with Crippen LogP contribution in [0.2, 0.25) is 0 Å². The molecule has 6 nitrogen and oxygen atoms in total. The number of hydrogen-bond donors (Lipinski definition) is 1. The van der Waals surface area contributed by atoms with E-state index in [1.807, 2.05) is 12.1 Å². The minimum Gasteiger partial charge on any atom is -0.415 e. The fourth-order valence-electron chi connectivity index (χ4n) is 3.91. The van der Waals surface area contributed by atoms with E-state index in [4.69, 9.17) is 14.8 Å². The molecule has 180 valence electrons. The van der Waals surface area contributed by atoms with Crippen LogP contribution in [0.5, 0.6) is 11.5 Å². The van der Waals surface area contributed by atoms with Gasteiger partial charge in [-0.2, -0.15) is 0 Å². The lowest BCUT2D eigenvalue weighted by molar-refractivity contribution is -0.132. The molecule has 2 N–H and O–H groups in total. The summed E-state index contributed by atoms with van der Waals surface area (Å²) in [6, 6.07) is 22.6. The molecule has 0 bridgehead atoms. The third-order valence-electron chi connectivity index (χ3n) is 5.51. The minimum absolute atomic E-state index is 0. The van der Waals surface area contributed by atoms with Crippen molar-refractivity contribution in [3.05, 3.63) is 96.3 Å². The van der Waals surface area contributed by atoms with E-state index in [0.717, 1.165) is 5.56 Å². The van der Waals surface area contributed by atoms with Gasteiger partial charge in [0.05, 0.1) is 6.04 Å². The highest BCUT2D eigenvalue weighted by Crippen LogP contribution is 2.57. The fourth-order valence-corrected chi connectivity index (χ4v) is 6.09. The average Bonchev–Trinajstić information content (AvgIpc) is 3.32. The van der Waals surface area contributed by atoms with Gasteiger partial charge in [-0.15, -0.1) is 12.4 Å². The number of rotatable bonds is 8. The van der Waals surface area contributed by atoms with Crippen molar-refractivity contribution in [1.82, 2.24) is 4.90 Å². The molecule has 1 amide bonds. The number of carbonyl (C=O) groups is 1. The topological polar surface area (TPSA) is 81.9 Å². The monoisotopic (exact) mass is 504 g/mol. The lowest BCUT2D eigenvalue weighted by atomic mass is 10.1. The maximum Gasteiger partial charge on any atom is 0.453 e. The number of para-hydroxylation sites is 2. The lowest BCUT2D eigenvalue weighted by Crippen LogP contribution is -2.47. The highest BCUT2D eigenvalue weighted by molar-refractivity contribution is 7.55. The Morgan fingerprint density at radius 1 is 0.971 bits per heavy atom. The minimum atomic E-state index is -3.85.